The van der Waals surface area contributed by atoms with Crippen molar-refractivity contribution in [3.05, 3.63) is 88.2 Å². The van der Waals surface area contributed by atoms with Crippen molar-refractivity contribution in [1.82, 2.24) is 14.6 Å². The number of aromatic nitrogens is 3. The number of hydrogen-bond acceptors (Lipinski definition) is 4. The molecule has 2 heterocycles. The quantitative estimate of drug-likeness (QED) is 0.461. The van der Waals surface area contributed by atoms with Gasteiger partial charge in [-0.25, -0.2) is 9.50 Å². The molecule has 0 fully saturated rings. The van der Waals surface area contributed by atoms with Gasteiger partial charge in [-0.15, -0.1) is 0 Å². The van der Waals surface area contributed by atoms with Crippen molar-refractivity contribution in [3.63, 3.8) is 0 Å². The predicted octanol–water partition coefficient (Wildman–Crippen LogP) is 5.01. The number of aryl methyl sites for hydroxylation is 1. The Balaban J connectivity index is 1.69. The summed E-state index contributed by atoms with van der Waals surface area (Å²) in [5.41, 5.74) is 4.41. The molecule has 0 aliphatic heterocycles. The van der Waals surface area contributed by atoms with Gasteiger partial charge in [0.2, 0.25) is 0 Å². The fourth-order valence-electron chi connectivity index (χ4n) is 3.39. The normalized spacial score (nSPS) is 11.8. The lowest BCUT2D eigenvalue weighted by molar-refractivity contribution is 0.0784. The van der Waals surface area contributed by atoms with E-state index in [4.69, 9.17) is 11.6 Å². The van der Waals surface area contributed by atoms with Crippen molar-refractivity contribution in [2.75, 3.05) is 0 Å². The third-order valence-electron chi connectivity index (χ3n) is 5.00. The summed E-state index contributed by atoms with van der Waals surface area (Å²) < 4.78 is 1.78. The van der Waals surface area contributed by atoms with E-state index in [1.807, 2.05) is 43.3 Å². The van der Waals surface area contributed by atoms with Crippen LogP contribution in [0.2, 0.25) is 5.02 Å². The summed E-state index contributed by atoms with van der Waals surface area (Å²) >= 11 is 6.03. The third kappa shape index (κ3) is 4.13. The monoisotopic (exact) mass is 419 g/mol. The Hall–Kier alpha value is -3.02. The lowest BCUT2D eigenvalue weighted by Crippen LogP contribution is -2.15. The lowest BCUT2D eigenvalue weighted by atomic mass is 9.96. The van der Waals surface area contributed by atoms with Crippen molar-refractivity contribution >= 4 is 23.0 Å². The number of nitrogens with zero attached hydrogens (tertiary/aromatic N) is 3. The molecular weight excluding hydrogens is 398 g/mol. The van der Waals surface area contributed by atoms with Gasteiger partial charge in [0.15, 0.2) is 11.4 Å². The van der Waals surface area contributed by atoms with Gasteiger partial charge in [-0.3, -0.25) is 4.79 Å². The Labute approximate surface area is 180 Å². The molecule has 0 bridgehead atoms. The zero-order valence-electron chi connectivity index (χ0n) is 17.1. The zero-order valence-corrected chi connectivity index (χ0v) is 17.8. The highest BCUT2D eigenvalue weighted by Crippen LogP contribution is 2.25. The van der Waals surface area contributed by atoms with Gasteiger partial charge in [0, 0.05) is 22.2 Å². The van der Waals surface area contributed by atoms with Crippen LogP contribution in [0.25, 0.3) is 16.9 Å². The predicted molar refractivity (Wildman–Crippen MR) is 118 cm³/mol. The van der Waals surface area contributed by atoms with E-state index in [2.05, 4.69) is 10.1 Å². The van der Waals surface area contributed by atoms with Crippen molar-refractivity contribution < 1.29 is 9.90 Å². The van der Waals surface area contributed by atoms with E-state index >= 15 is 0 Å². The summed E-state index contributed by atoms with van der Waals surface area (Å²) in [6, 6.07) is 18.4. The van der Waals surface area contributed by atoms with Gasteiger partial charge in [-0.2, -0.15) is 5.10 Å². The van der Waals surface area contributed by atoms with Gasteiger partial charge in [-0.1, -0.05) is 48.0 Å². The number of aliphatic hydroxyl groups is 1. The van der Waals surface area contributed by atoms with Crippen LogP contribution in [-0.2, 0) is 12.0 Å². The van der Waals surface area contributed by atoms with Gasteiger partial charge < -0.3 is 5.11 Å². The molecule has 152 valence electrons. The molecule has 0 amide bonds. The molecule has 0 radical (unpaired) electrons. The Morgan fingerprint density at radius 1 is 1.07 bits per heavy atom. The SMILES string of the molecule is Cc1cc2nc(CC(=O)c3ccc(C(C)(C)O)cc3)cc(-c3ccc(Cl)cc3)n2n1. The first-order valence-electron chi connectivity index (χ1n) is 9.69. The maximum atomic E-state index is 12.9. The van der Waals surface area contributed by atoms with Crippen LogP contribution in [0.1, 0.15) is 41.2 Å². The number of ketones is 1. The highest BCUT2D eigenvalue weighted by molar-refractivity contribution is 6.30. The number of carbonyl (C=O) groups excluding carboxylic acids is 1. The van der Waals surface area contributed by atoms with Gasteiger partial charge in [0.05, 0.1) is 29.1 Å². The van der Waals surface area contributed by atoms with E-state index in [0.29, 0.717) is 21.9 Å². The minimum Gasteiger partial charge on any atom is -0.386 e. The molecule has 0 spiro atoms. The molecule has 1 N–H and O–H groups in total. The van der Waals surface area contributed by atoms with Crippen LogP contribution >= 0.6 is 11.6 Å². The number of rotatable bonds is 5. The average molecular weight is 420 g/mol. The molecule has 2 aromatic carbocycles. The average Bonchev–Trinajstić information content (AvgIpc) is 3.07. The van der Waals surface area contributed by atoms with Crippen molar-refractivity contribution in [3.8, 4) is 11.3 Å². The summed E-state index contributed by atoms with van der Waals surface area (Å²) in [5.74, 6) is -0.0348. The van der Waals surface area contributed by atoms with E-state index in [9.17, 15) is 9.90 Å². The van der Waals surface area contributed by atoms with Crippen LogP contribution in [0.15, 0.2) is 60.7 Å². The van der Waals surface area contributed by atoms with Crippen LogP contribution in [0.5, 0.6) is 0 Å². The number of Topliss-reactive ketones (excluding diaryl/α,β-unsaturated/α-hetero) is 1. The highest BCUT2D eigenvalue weighted by atomic mass is 35.5. The molecule has 0 aliphatic rings. The maximum Gasteiger partial charge on any atom is 0.168 e. The van der Waals surface area contributed by atoms with E-state index in [1.54, 1.807) is 42.6 Å². The van der Waals surface area contributed by atoms with Crippen LogP contribution in [0, 0.1) is 6.92 Å². The molecule has 4 rings (SSSR count). The number of fused-ring (bicyclic) bond motifs is 1. The first kappa shape index (κ1) is 20.3. The number of hydrogen-bond donors (Lipinski definition) is 1. The molecule has 0 saturated heterocycles. The standard InChI is InChI=1S/C24H22ClN3O2/c1-15-12-23-26-20(13-21(28(23)27-15)16-6-10-19(25)11-7-16)14-22(29)17-4-8-18(9-5-17)24(2,3)30/h4-13,30H,14H2,1-3H3. The Morgan fingerprint density at radius 3 is 2.37 bits per heavy atom. The van der Waals surface area contributed by atoms with Crippen LogP contribution in [0.4, 0.5) is 0 Å². The van der Waals surface area contributed by atoms with Crippen LogP contribution in [0.3, 0.4) is 0 Å². The second-order valence-corrected chi connectivity index (χ2v) is 8.37. The van der Waals surface area contributed by atoms with Crippen molar-refractivity contribution in [1.29, 1.82) is 0 Å². The Bertz CT molecular complexity index is 1220. The third-order valence-corrected chi connectivity index (χ3v) is 5.25. The minimum atomic E-state index is -0.943. The molecule has 0 atom stereocenters. The zero-order chi connectivity index (χ0) is 21.5. The smallest absolute Gasteiger partial charge is 0.168 e. The molecule has 0 unspecified atom stereocenters. The van der Waals surface area contributed by atoms with E-state index in [-0.39, 0.29) is 12.2 Å². The van der Waals surface area contributed by atoms with Crippen molar-refractivity contribution in [2.24, 2.45) is 0 Å². The van der Waals surface area contributed by atoms with Gasteiger partial charge >= 0.3 is 0 Å². The van der Waals surface area contributed by atoms with E-state index in [0.717, 1.165) is 22.5 Å². The minimum absolute atomic E-state index is 0.0348. The fraction of sp³-hybridized carbons (Fsp3) is 0.208. The van der Waals surface area contributed by atoms with Crippen molar-refractivity contribution in [2.45, 2.75) is 32.8 Å². The van der Waals surface area contributed by atoms with Crippen LogP contribution < -0.4 is 0 Å². The summed E-state index contributed by atoms with van der Waals surface area (Å²) in [7, 11) is 0. The molecular formula is C24H22ClN3O2. The second-order valence-electron chi connectivity index (χ2n) is 7.93. The first-order valence-corrected chi connectivity index (χ1v) is 10.1. The molecule has 6 heteroatoms. The van der Waals surface area contributed by atoms with E-state index in [1.165, 1.54) is 0 Å². The molecule has 4 aromatic rings. The number of carbonyl (C=O) groups is 1. The molecule has 30 heavy (non-hydrogen) atoms. The second kappa shape index (κ2) is 7.67. The molecule has 0 aliphatic carbocycles. The van der Waals surface area contributed by atoms with Gasteiger partial charge in [0.1, 0.15) is 0 Å². The summed E-state index contributed by atoms with van der Waals surface area (Å²) in [6.45, 7) is 5.35. The largest absolute Gasteiger partial charge is 0.386 e. The summed E-state index contributed by atoms with van der Waals surface area (Å²) in [6.07, 6.45) is 0.170. The van der Waals surface area contributed by atoms with Gasteiger partial charge in [0.25, 0.3) is 0 Å². The first-order chi connectivity index (χ1) is 14.2. The lowest BCUT2D eigenvalue weighted by Gasteiger charge is -2.17. The molecule has 5 nitrogen and oxygen atoms in total. The van der Waals surface area contributed by atoms with E-state index < -0.39 is 5.60 Å². The highest BCUT2D eigenvalue weighted by Gasteiger charge is 2.17. The molecule has 2 aromatic heterocycles. The Kier molecular flexibility index (Phi) is 5.18. The summed E-state index contributed by atoms with van der Waals surface area (Å²) in [5, 5.41) is 15.3. The molecule has 0 saturated carbocycles. The fourth-order valence-corrected chi connectivity index (χ4v) is 3.51. The van der Waals surface area contributed by atoms with Crippen LogP contribution in [-0.4, -0.2) is 25.5 Å². The Morgan fingerprint density at radius 2 is 1.73 bits per heavy atom. The maximum absolute atomic E-state index is 12.9. The summed E-state index contributed by atoms with van der Waals surface area (Å²) in [4.78, 5) is 17.5. The topological polar surface area (TPSA) is 67.5 Å². The number of benzene rings is 2. The van der Waals surface area contributed by atoms with Gasteiger partial charge in [-0.05, 0) is 44.5 Å². The number of halogens is 1.